The molecule has 1 fully saturated rings. The number of allylic oxidation sites excluding steroid dienone is 2. The molecule has 2 heterocycles. The lowest BCUT2D eigenvalue weighted by atomic mass is 9.76. The average molecular weight is 455 g/mol. The third-order valence-corrected chi connectivity index (χ3v) is 6.74. The number of benzene rings is 2. The third-order valence-electron chi connectivity index (χ3n) is 6.25. The van der Waals surface area contributed by atoms with Gasteiger partial charge in [-0.2, -0.15) is 0 Å². The van der Waals surface area contributed by atoms with Gasteiger partial charge in [0.05, 0.1) is 30.5 Å². The van der Waals surface area contributed by atoms with Crippen LogP contribution in [0.1, 0.15) is 39.9 Å². The second-order valence-corrected chi connectivity index (χ2v) is 8.77. The molecule has 3 unspecified atom stereocenters. The fourth-order valence-electron chi connectivity index (χ4n) is 4.82. The summed E-state index contributed by atoms with van der Waals surface area (Å²) in [5, 5.41) is 14.2. The van der Waals surface area contributed by atoms with Crippen molar-refractivity contribution >= 4 is 27.5 Å². The maximum atomic E-state index is 13.3. The Morgan fingerprint density at radius 3 is 2.83 bits per heavy atom. The number of fused-ring (bicyclic) bond motifs is 3. The van der Waals surface area contributed by atoms with Crippen LogP contribution in [0.25, 0.3) is 0 Å². The van der Waals surface area contributed by atoms with Gasteiger partial charge in [0.25, 0.3) is 5.91 Å². The molecule has 2 N–H and O–H groups in total. The number of hydrogen-bond donors (Lipinski definition) is 2. The number of amides is 1. The topological polar surface area (TPSA) is 61.8 Å². The highest BCUT2D eigenvalue weighted by Crippen LogP contribution is 2.52. The smallest absolute Gasteiger partial charge is 0.256 e. The lowest BCUT2D eigenvalue weighted by molar-refractivity contribution is 0.0303. The zero-order chi connectivity index (χ0) is 20.0. The van der Waals surface area contributed by atoms with Crippen molar-refractivity contribution in [3.8, 4) is 5.75 Å². The molecular formula is C23H23BrN2O3. The van der Waals surface area contributed by atoms with Crippen LogP contribution >= 0.6 is 15.9 Å². The summed E-state index contributed by atoms with van der Waals surface area (Å²) in [5.41, 5.74) is 3.61. The Kier molecular flexibility index (Phi) is 4.84. The Morgan fingerprint density at radius 1 is 1.17 bits per heavy atom. The summed E-state index contributed by atoms with van der Waals surface area (Å²) in [6.07, 6.45) is 5.40. The molecule has 2 aliphatic heterocycles. The van der Waals surface area contributed by atoms with Crippen LogP contribution in [0.4, 0.5) is 5.69 Å². The molecule has 0 bridgehead atoms. The minimum absolute atomic E-state index is 0.0373. The predicted octanol–water partition coefficient (Wildman–Crippen LogP) is 4.45. The SMILES string of the molecule is O=C(c1cccc2c1NC(c1cc(Br)ccc1O)C1CC=CC21)N1CCOCC1. The van der Waals surface area contributed by atoms with Gasteiger partial charge in [0.15, 0.2) is 0 Å². The number of para-hydroxylation sites is 1. The molecule has 6 heteroatoms. The van der Waals surface area contributed by atoms with Crippen molar-refractivity contribution in [2.75, 3.05) is 31.6 Å². The minimum Gasteiger partial charge on any atom is -0.508 e. The van der Waals surface area contributed by atoms with Gasteiger partial charge in [0.1, 0.15) is 5.75 Å². The van der Waals surface area contributed by atoms with Gasteiger partial charge in [-0.3, -0.25) is 4.79 Å². The van der Waals surface area contributed by atoms with Crippen LogP contribution in [0.3, 0.4) is 0 Å². The predicted molar refractivity (Wildman–Crippen MR) is 115 cm³/mol. The van der Waals surface area contributed by atoms with E-state index in [4.69, 9.17) is 4.74 Å². The van der Waals surface area contributed by atoms with E-state index in [1.807, 2.05) is 29.2 Å². The van der Waals surface area contributed by atoms with E-state index in [0.29, 0.717) is 37.8 Å². The molecule has 0 radical (unpaired) electrons. The van der Waals surface area contributed by atoms with Gasteiger partial charge in [-0.05, 0) is 42.2 Å². The van der Waals surface area contributed by atoms with Crippen molar-refractivity contribution in [1.82, 2.24) is 4.90 Å². The average Bonchev–Trinajstić information content (AvgIpc) is 3.25. The summed E-state index contributed by atoms with van der Waals surface area (Å²) in [7, 11) is 0. The Balaban J connectivity index is 1.58. The highest BCUT2D eigenvalue weighted by Gasteiger charge is 2.40. The summed E-state index contributed by atoms with van der Waals surface area (Å²) in [6.45, 7) is 2.39. The Labute approximate surface area is 178 Å². The van der Waals surface area contributed by atoms with Crippen LogP contribution < -0.4 is 5.32 Å². The summed E-state index contributed by atoms with van der Waals surface area (Å²) < 4.78 is 6.33. The highest BCUT2D eigenvalue weighted by molar-refractivity contribution is 9.10. The van der Waals surface area contributed by atoms with E-state index >= 15 is 0 Å². The lowest BCUT2D eigenvalue weighted by Crippen LogP contribution is -2.41. The molecule has 2 aromatic rings. The maximum absolute atomic E-state index is 13.3. The summed E-state index contributed by atoms with van der Waals surface area (Å²) >= 11 is 3.53. The molecule has 0 saturated carbocycles. The monoisotopic (exact) mass is 454 g/mol. The van der Waals surface area contributed by atoms with Crippen LogP contribution in [-0.4, -0.2) is 42.2 Å². The van der Waals surface area contributed by atoms with Gasteiger partial charge in [0.2, 0.25) is 0 Å². The number of nitrogens with zero attached hydrogens (tertiary/aromatic N) is 1. The van der Waals surface area contributed by atoms with E-state index in [1.165, 1.54) is 0 Å². The summed E-state index contributed by atoms with van der Waals surface area (Å²) in [5.74, 6) is 0.843. The molecule has 3 aliphatic rings. The fraction of sp³-hybridized carbons (Fsp3) is 0.348. The van der Waals surface area contributed by atoms with Crippen LogP contribution in [0.2, 0.25) is 0 Å². The second-order valence-electron chi connectivity index (χ2n) is 7.85. The van der Waals surface area contributed by atoms with Gasteiger partial charge in [-0.1, -0.05) is 40.2 Å². The standard InChI is InChI=1S/C23H23BrN2O3/c24-14-7-8-20(27)19(13-14)22-17-4-1-3-15(17)16-5-2-6-18(21(16)25-22)23(28)26-9-11-29-12-10-26/h1-3,5-8,13,15,17,22,25,27H,4,9-12H2. The van der Waals surface area contributed by atoms with Gasteiger partial charge in [0, 0.05) is 29.0 Å². The number of carbonyl (C=O) groups is 1. The van der Waals surface area contributed by atoms with Crippen molar-refractivity contribution in [2.24, 2.45) is 5.92 Å². The molecular weight excluding hydrogens is 432 g/mol. The molecule has 0 spiro atoms. The number of ether oxygens (including phenoxy) is 1. The van der Waals surface area contributed by atoms with Crippen molar-refractivity contribution in [1.29, 1.82) is 0 Å². The Morgan fingerprint density at radius 2 is 2.00 bits per heavy atom. The second kappa shape index (κ2) is 7.50. The van der Waals surface area contributed by atoms with E-state index in [9.17, 15) is 9.90 Å². The molecule has 5 nitrogen and oxygen atoms in total. The van der Waals surface area contributed by atoms with Crippen LogP contribution in [0.5, 0.6) is 5.75 Å². The zero-order valence-corrected chi connectivity index (χ0v) is 17.6. The Bertz CT molecular complexity index is 984. The number of aromatic hydroxyl groups is 1. The van der Waals surface area contributed by atoms with E-state index in [2.05, 4.69) is 39.5 Å². The van der Waals surface area contributed by atoms with Crippen molar-refractivity contribution in [3.63, 3.8) is 0 Å². The van der Waals surface area contributed by atoms with Gasteiger partial charge in [-0.25, -0.2) is 0 Å². The molecule has 1 amide bonds. The number of halogens is 1. The number of nitrogens with one attached hydrogen (secondary N) is 1. The van der Waals surface area contributed by atoms with Crippen LogP contribution in [0.15, 0.2) is 53.0 Å². The molecule has 2 aromatic carbocycles. The van der Waals surface area contributed by atoms with Crippen molar-refractivity contribution in [3.05, 3.63) is 69.7 Å². The van der Waals surface area contributed by atoms with Crippen molar-refractivity contribution < 1.29 is 14.6 Å². The number of carbonyl (C=O) groups excluding carboxylic acids is 1. The molecule has 1 aliphatic carbocycles. The van der Waals surface area contributed by atoms with E-state index < -0.39 is 0 Å². The highest BCUT2D eigenvalue weighted by atomic mass is 79.9. The molecule has 3 atom stereocenters. The zero-order valence-electron chi connectivity index (χ0n) is 16.0. The van der Waals surface area contributed by atoms with Gasteiger partial charge >= 0.3 is 0 Å². The first-order valence-corrected chi connectivity index (χ1v) is 10.8. The molecule has 150 valence electrons. The fourth-order valence-corrected chi connectivity index (χ4v) is 5.20. The van der Waals surface area contributed by atoms with E-state index in [1.54, 1.807) is 6.07 Å². The minimum atomic E-state index is -0.0707. The largest absolute Gasteiger partial charge is 0.508 e. The first-order valence-electron chi connectivity index (χ1n) is 10.0. The normalized spacial score (nSPS) is 25.3. The number of hydrogen-bond acceptors (Lipinski definition) is 4. The quantitative estimate of drug-likeness (QED) is 0.657. The maximum Gasteiger partial charge on any atom is 0.256 e. The molecule has 5 rings (SSSR count). The number of phenolic OH excluding ortho intramolecular Hbond substituents is 1. The van der Waals surface area contributed by atoms with Crippen LogP contribution in [0, 0.1) is 5.92 Å². The van der Waals surface area contributed by atoms with Gasteiger partial charge in [-0.15, -0.1) is 0 Å². The number of rotatable bonds is 2. The van der Waals surface area contributed by atoms with Crippen molar-refractivity contribution in [2.45, 2.75) is 18.4 Å². The van der Waals surface area contributed by atoms with Gasteiger partial charge < -0.3 is 20.1 Å². The number of phenols is 1. The summed E-state index contributed by atoms with van der Waals surface area (Å²) in [4.78, 5) is 15.1. The van der Waals surface area contributed by atoms with E-state index in [0.717, 1.165) is 27.7 Å². The molecule has 29 heavy (non-hydrogen) atoms. The number of anilines is 1. The molecule has 1 saturated heterocycles. The Hall–Kier alpha value is -2.31. The first kappa shape index (κ1) is 18.7. The third kappa shape index (κ3) is 3.24. The summed E-state index contributed by atoms with van der Waals surface area (Å²) in [6, 6.07) is 11.5. The first-order chi connectivity index (χ1) is 14.1. The number of morpholine rings is 1. The lowest BCUT2D eigenvalue weighted by Gasteiger charge is -2.39. The van der Waals surface area contributed by atoms with E-state index in [-0.39, 0.29) is 23.6 Å². The molecule has 0 aromatic heterocycles. The van der Waals surface area contributed by atoms with Crippen LogP contribution in [-0.2, 0) is 4.74 Å².